The van der Waals surface area contributed by atoms with Gasteiger partial charge in [-0.05, 0) is 12.1 Å². The Balaban J connectivity index is 1.80. The number of hydrogen-bond donors (Lipinski definition) is 2. The summed E-state index contributed by atoms with van der Waals surface area (Å²) in [6.07, 6.45) is 2.42. The Morgan fingerprint density at radius 1 is 1.05 bits per heavy atom. The van der Waals surface area contributed by atoms with Gasteiger partial charge in [0.25, 0.3) is 5.91 Å². The summed E-state index contributed by atoms with van der Waals surface area (Å²) in [7, 11) is 3.00. The van der Waals surface area contributed by atoms with Crippen molar-refractivity contribution in [2.24, 2.45) is 0 Å². The monoisotopic (exact) mass is 531 g/mol. The van der Waals surface area contributed by atoms with Gasteiger partial charge in [0.05, 0.1) is 19.8 Å². The minimum absolute atomic E-state index is 0.0343. The van der Waals surface area contributed by atoms with Crippen molar-refractivity contribution in [3.63, 3.8) is 0 Å². The van der Waals surface area contributed by atoms with Crippen LogP contribution >= 0.6 is 11.9 Å². The molecule has 0 saturated carbocycles. The summed E-state index contributed by atoms with van der Waals surface area (Å²) in [5.74, 6) is 0.737. The predicted molar refractivity (Wildman–Crippen MR) is 131 cm³/mol. The number of pyridine rings is 1. The van der Waals surface area contributed by atoms with Gasteiger partial charge < -0.3 is 14.8 Å². The van der Waals surface area contributed by atoms with Crippen molar-refractivity contribution in [3.05, 3.63) is 66.4 Å². The van der Waals surface area contributed by atoms with Gasteiger partial charge in [-0.15, -0.1) is 0 Å². The van der Waals surface area contributed by atoms with Gasteiger partial charge in [0.15, 0.2) is 11.5 Å². The zero-order valence-corrected chi connectivity index (χ0v) is 20.5. The molecule has 4 aromatic rings. The van der Waals surface area contributed by atoms with Crippen LogP contribution in [-0.2, 0) is 6.18 Å². The minimum atomic E-state index is -4.64. The van der Waals surface area contributed by atoms with Crippen molar-refractivity contribution >= 4 is 29.5 Å². The lowest BCUT2D eigenvalue weighted by molar-refractivity contribution is -0.141. The third-order valence-corrected chi connectivity index (χ3v) is 5.37. The predicted octanol–water partition coefficient (Wildman–Crippen LogP) is 4.51. The van der Waals surface area contributed by atoms with Gasteiger partial charge in [-0.25, -0.2) is 9.67 Å². The van der Waals surface area contributed by atoms with E-state index < -0.39 is 11.9 Å². The van der Waals surface area contributed by atoms with Crippen molar-refractivity contribution in [2.75, 3.05) is 25.8 Å². The Hall–Kier alpha value is -4.33. The molecular weight excluding hydrogens is 511 g/mol. The van der Waals surface area contributed by atoms with Crippen molar-refractivity contribution in [3.8, 4) is 28.4 Å². The Morgan fingerprint density at radius 3 is 2.41 bits per heavy atom. The first-order valence-corrected chi connectivity index (χ1v) is 11.7. The molecule has 0 fully saturated rings. The van der Waals surface area contributed by atoms with E-state index >= 15 is 0 Å². The number of aromatic nitrogens is 5. The number of carbonyl (C=O) groups is 1. The Labute approximate surface area is 213 Å². The van der Waals surface area contributed by atoms with Crippen LogP contribution in [0.4, 0.5) is 24.8 Å². The highest BCUT2D eigenvalue weighted by atomic mass is 32.2. The molecular formula is C23H20F3N7O3S. The number of rotatable bonds is 8. The third kappa shape index (κ3) is 5.91. The summed E-state index contributed by atoms with van der Waals surface area (Å²) >= 11 is 1.12. The van der Waals surface area contributed by atoms with Gasteiger partial charge in [0, 0.05) is 66.1 Å². The van der Waals surface area contributed by atoms with Crippen LogP contribution in [0.1, 0.15) is 16.1 Å². The van der Waals surface area contributed by atoms with Crippen molar-refractivity contribution in [1.29, 1.82) is 0 Å². The van der Waals surface area contributed by atoms with Crippen molar-refractivity contribution in [2.45, 2.75) is 6.18 Å². The highest BCUT2D eigenvalue weighted by Gasteiger charge is 2.34. The van der Waals surface area contributed by atoms with E-state index in [2.05, 4.69) is 30.1 Å². The van der Waals surface area contributed by atoms with E-state index in [4.69, 9.17) is 9.47 Å². The first kappa shape index (κ1) is 25.8. The molecule has 3 aromatic heterocycles. The average molecular weight is 532 g/mol. The third-order valence-electron chi connectivity index (χ3n) is 4.98. The molecule has 2 N–H and O–H groups in total. The second-order valence-corrected chi connectivity index (χ2v) is 8.01. The van der Waals surface area contributed by atoms with Gasteiger partial charge in [-0.1, -0.05) is 11.9 Å². The van der Waals surface area contributed by atoms with Crippen LogP contribution in [0, 0.1) is 0 Å². The van der Waals surface area contributed by atoms with Gasteiger partial charge in [-0.2, -0.15) is 23.3 Å². The fourth-order valence-electron chi connectivity index (χ4n) is 3.28. The van der Waals surface area contributed by atoms with Crippen LogP contribution in [0.15, 0.2) is 55.1 Å². The number of hydrogen-bond acceptors (Lipinski definition) is 9. The van der Waals surface area contributed by atoms with E-state index in [1.54, 1.807) is 24.5 Å². The summed E-state index contributed by atoms with van der Waals surface area (Å²) < 4.78 is 53.9. The van der Waals surface area contributed by atoms with E-state index in [1.807, 2.05) is 0 Å². The Morgan fingerprint density at radius 2 is 1.78 bits per heavy atom. The summed E-state index contributed by atoms with van der Waals surface area (Å²) in [5, 5.41) is 6.66. The maximum Gasteiger partial charge on any atom is 0.435 e. The lowest BCUT2D eigenvalue weighted by Crippen LogP contribution is -2.15. The molecule has 0 atom stereocenters. The van der Waals surface area contributed by atoms with E-state index in [0.29, 0.717) is 28.3 Å². The molecule has 0 saturated heterocycles. The minimum Gasteiger partial charge on any atom is -0.497 e. The number of nitrogens with zero attached hydrogens (tertiary/aromatic N) is 5. The molecule has 192 valence electrons. The molecule has 0 spiro atoms. The number of methoxy groups -OCH3 is 2. The number of alkyl halides is 3. The quantitative estimate of drug-likeness (QED) is 0.317. The number of ether oxygens (including phenoxy) is 2. The number of anilines is 2. The van der Waals surface area contributed by atoms with Crippen molar-refractivity contribution in [1.82, 2.24) is 29.5 Å². The topological polar surface area (TPSA) is 116 Å². The molecule has 1 amide bonds. The van der Waals surface area contributed by atoms with Gasteiger partial charge in [-0.3, -0.25) is 14.5 Å². The molecule has 0 aliphatic heterocycles. The largest absolute Gasteiger partial charge is 0.497 e. The molecule has 1 aromatic carbocycles. The molecule has 14 heteroatoms. The fourth-order valence-corrected chi connectivity index (χ4v) is 3.58. The number of benzene rings is 1. The summed E-state index contributed by atoms with van der Waals surface area (Å²) in [4.78, 5) is 25.1. The molecule has 10 nitrogen and oxygen atoms in total. The summed E-state index contributed by atoms with van der Waals surface area (Å²) in [6, 6.07) is 7.40. The molecule has 0 aliphatic carbocycles. The molecule has 0 radical (unpaired) electrons. The second kappa shape index (κ2) is 10.7. The number of halogens is 3. The van der Waals surface area contributed by atoms with Crippen LogP contribution in [0.3, 0.4) is 0 Å². The van der Waals surface area contributed by atoms with E-state index in [-0.39, 0.29) is 23.2 Å². The standard InChI is InChI=1S/C23H20F3N7O3S/c1-35-16-7-15(8-17(9-16)36-2)29-22-28-12-18(13-6-14(11-27-10-13)21(34)32-37-3)20(30-22)33-5-4-19(31-33)23(24,25)26/h4-12H,1-3H3,(H,32,34)(H,28,29,30). The SMILES string of the molecule is COc1cc(Nc2ncc(-c3cncc(C(=O)NSC)c3)c(-n3ccc(C(F)(F)F)n3)n2)cc(OC)c1. The zero-order chi connectivity index (χ0) is 26.6. The first-order chi connectivity index (χ1) is 17.7. The van der Waals surface area contributed by atoms with Crippen LogP contribution in [-0.4, -0.2) is 51.1 Å². The number of carbonyl (C=O) groups excluding carboxylic acids is 1. The normalized spacial score (nSPS) is 11.2. The fraction of sp³-hybridized carbons (Fsp3) is 0.174. The molecule has 0 bridgehead atoms. The van der Waals surface area contributed by atoms with Crippen LogP contribution < -0.4 is 19.5 Å². The smallest absolute Gasteiger partial charge is 0.435 e. The highest BCUT2D eigenvalue weighted by Crippen LogP contribution is 2.32. The van der Waals surface area contributed by atoms with Crippen molar-refractivity contribution < 1.29 is 27.4 Å². The average Bonchev–Trinajstić information content (AvgIpc) is 3.40. The molecule has 3 heterocycles. The number of amides is 1. The number of nitrogens with one attached hydrogen (secondary N) is 2. The van der Waals surface area contributed by atoms with Gasteiger partial charge in [0.1, 0.15) is 11.5 Å². The highest BCUT2D eigenvalue weighted by molar-refractivity contribution is 7.97. The second-order valence-electron chi connectivity index (χ2n) is 7.40. The Bertz CT molecular complexity index is 1410. The maximum atomic E-state index is 13.3. The first-order valence-electron chi connectivity index (χ1n) is 10.5. The van der Waals surface area contributed by atoms with E-state index in [0.717, 1.165) is 28.9 Å². The summed E-state index contributed by atoms with van der Waals surface area (Å²) in [6.45, 7) is 0. The van der Waals surface area contributed by atoms with Gasteiger partial charge in [0.2, 0.25) is 5.95 Å². The lowest BCUT2D eigenvalue weighted by atomic mass is 10.1. The van der Waals surface area contributed by atoms with Gasteiger partial charge >= 0.3 is 6.18 Å². The van der Waals surface area contributed by atoms with E-state index in [9.17, 15) is 18.0 Å². The van der Waals surface area contributed by atoms with Crippen LogP contribution in [0.5, 0.6) is 11.5 Å². The Kier molecular flexibility index (Phi) is 7.47. The summed E-state index contributed by atoms with van der Waals surface area (Å²) in [5.41, 5.74) is 0.387. The van der Waals surface area contributed by atoms with E-state index in [1.165, 1.54) is 38.9 Å². The zero-order valence-electron chi connectivity index (χ0n) is 19.7. The maximum absolute atomic E-state index is 13.3. The molecule has 37 heavy (non-hydrogen) atoms. The van der Waals surface area contributed by atoms with Crippen LogP contribution in [0.25, 0.3) is 16.9 Å². The molecule has 0 unspecified atom stereocenters. The lowest BCUT2D eigenvalue weighted by Gasteiger charge is -2.13. The molecule has 4 rings (SSSR count). The van der Waals surface area contributed by atoms with Crippen LogP contribution in [0.2, 0.25) is 0 Å². The molecule has 0 aliphatic rings.